The predicted octanol–water partition coefficient (Wildman–Crippen LogP) is 2.36. The zero-order valence-corrected chi connectivity index (χ0v) is 11.2. The maximum Gasteiger partial charge on any atom is 0.350 e. The molecule has 0 atom stereocenters. The largest absolute Gasteiger partial charge is 0.455 e. The number of aryl methyl sites for hydroxylation is 2. The van der Waals surface area contributed by atoms with Crippen LogP contribution in [-0.4, -0.2) is 20.5 Å². The van der Waals surface area contributed by atoms with Crippen LogP contribution in [0.5, 0.6) is 0 Å². The number of carbonyl (C=O) groups is 1. The molecule has 0 aliphatic heterocycles. The van der Waals surface area contributed by atoms with Gasteiger partial charge in [0.1, 0.15) is 22.9 Å². The van der Waals surface area contributed by atoms with Crippen LogP contribution in [0.3, 0.4) is 0 Å². The van der Waals surface area contributed by atoms with Crippen LogP contribution in [0.1, 0.15) is 26.8 Å². The molecule has 19 heavy (non-hydrogen) atoms. The van der Waals surface area contributed by atoms with Crippen molar-refractivity contribution < 1.29 is 14.1 Å². The Morgan fingerprint density at radius 3 is 3.00 bits per heavy atom. The van der Waals surface area contributed by atoms with Crippen LogP contribution in [0.2, 0.25) is 0 Å². The topological polar surface area (TPSA) is 69.6 Å². The molecule has 0 aliphatic rings. The summed E-state index contributed by atoms with van der Waals surface area (Å²) in [5.74, 6) is 0.310. The van der Waals surface area contributed by atoms with E-state index in [1.54, 1.807) is 19.2 Å². The fraction of sp³-hybridized carbons (Fsp3) is 0.250. The van der Waals surface area contributed by atoms with Gasteiger partial charge in [0.25, 0.3) is 0 Å². The maximum atomic E-state index is 11.9. The van der Waals surface area contributed by atoms with Crippen molar-refractivity contribution in [2.45, 2.75) is 20.5 Å². The Labute approximate surface area is 112 Å². The molecule has 0 N–H and O–H groups in total. The second kappa shape index (κ2) is 4.51. The quantitative estimate of drug-likeness (QED) is 0.687. The summed E-state index contributed by atoms with van der Waals surface area (Å²) < 4.78 is 11.9. The van der Waals surface area contributed by atoms with Gasteiger partial charge >= 0.3 is 5.97 Å². The SMILES string of the molecule is Cc1cn2cc(C(=O)OCc3cc(C)on3)sc2n1. The molecule has 3 heterocycles. The van der Waals surface area contributed by atoms with Gasteiger partial charge in [0.05, 0.1) is 5.69 Å². The number of hydrogen-bond donors (Lipinski definition) is 0. The lowest BCUT2D eigenvalue weighted by Gasteiger charge is -1.98. The first-order chi connectivity index (χ1) is 9.11. The molecule has 6 nitrogen and oxygen atoms in total. The van der Waals surface area contributed by atoms with Crippen molar-refractivity contribution in [2.24, 2.45) is 0 Å². The minimum atomic E-state index is -0.381. The molecule has 3 aromatic heterocycles. The third-order valence-electron chi connectivity index (χ3n) is 2.51. The van der Waals surface area contributed by atoms with E-state index in [4.69, 9.17) is 9.26 Å². The van der Waals surface area contributed by atoms with Crippen molar-refractivity contribution in [3.8, 4) is 0 Å². The van der Waals surface area contributed by atoms with E-state index in [2.05, 4.69) is 10.1 Å². The van der Waals surface area contributed by atoms with Gasteiger partial charge in [-0.2, -0.15) is 0 Å². The summed E-state index contributed by atoms with van der Waals surface area (Å²) in [7, 11) is 0. The summed E-state index contributed by atoms with van der Waals surface area (Å²) in [5, 5.41) is 3.76. The molecule has 0 saturated carbocycles. The number of nitrogens with zero attached hydrogens (tertiary/aromatic N) is 3. The van der Waals surface area contributed by atoms with Gasteiger partial charge in [-0.05, 0) is 13.8 Å². The van der Waals surface area contributed by atoms with Gasteiger partial charge in [-0.15, -0.1) is 0 Å². The monoisotopic (exact) mass is 277 g/mol. The van der Waals surface area contributed by atoms with Crippen LogP contribution in [-0.2, 0) is 11.3 Å². The third-order valence-corrected chi connectivity index (χ3v) is 3.48. The Morgan fingerprint density at radius 1 is 1.47 bits per heavy atom. The molecule has 3 rings (SSSR count). The summed E-state index contributed by atoms with van der Waals surface area (Å²) in [6, 6.07) is 1.73. The molecule has 0 radical (unpaired) electrons. The molecular weight excluding hydrogens is 266 g/mol. The first kappa shape index (κ1) is 11.9. The number of fused-ring (bicyclic) bond motifs is 1. The van der Waals surface area contributed by atoms with Crippen LogP contribution in [0.25, 0.3) is 4.96 Å². The van der Waals surface area contributed by atoms with E-state index in [-0.39, 0.29) is 12.6 Å². The first-order valence-electron chi connectivity index (χ1n) is 5.66. The van der Waals surface area contributed by atoms with E-state index >= 15 is 0 Å². The molecule has 7 heteroatoms. The van der Waals surface area contributed by atoms with E-state index in [0.29, 0.717) is 16.3 Å². The minimum Gasteiger partial charge on any atom is -0.455 e. The predicted molar refractivity (Wildman–Crippen MR) is 68.2 cm³/mol. The second-order valence-electron chi connectivity index (χ2n) is 4.17. The first-order valence-corrected chi connectivity index (χ1v) is 6.48. The average Bonchev–Trinajstić information content (AvgIpc) is 3.00. The molecule has 0 spiro atoms. The van der Waals surface area contributed by atoms with Crippen LogP contribution in [0, 0.1) is 13.8 Å². The number of aromatic nitrogens is 3. The summed E-state index contributed by atoms with van der Waals surface area (Å²) in [6.45, 7) is 3.80. The van der Waals surface area contributed by atoms with Crippen LogP contribution in [0.15, 0.2) is 23.0 Å². The molecule has 0 amide bonds. The fourth-order valence-corrected chi connectivity index (χ4v) is 2.61. The van der Waals surface area contributed by atoms with E-state index in [9.17, 15) is 4.79 Å². The molecule has 0 fully saturated rings. The molecule has 0 unspecified atom stereocenters. The number of thiazole rings is 1. The number of hydrogen-bond acceptors (Lipinski definition) is 6. The van der Waals surface area contributed by atoms with Gasteiger partial charge in [-0.3, -0.25) is 4.40 Å². The van der Waals surface area contributed by atoms with Crippen molar-refractivity contribution in [1.82, 2.24) is 14.5 Å². The number of ether oxygens (including phenoxy) is 1. The average molecular weight is 277 g/mol. The number of imidazole rings is 1. The van der Waals surface area contributed by atoms with Crippen molar-refractivity contribution in [1.29, 1.82) is 0 Å². The van der Waals surface area contributed by atoms with Gasteiger partial charge in [-0.1, -0.05) is 16.5 Å². The van der Waals surface area contributed by atoms with Gasteiger partial charge in [0.2, 0.25) is 0 Å². The normalized spacial score (nSPS) is 11.1. The fourth-order valence-electron chi connectivity index (χ4n) is 1.70. The second-order valence-corrected chi connectivity index (χ2v) is 5.18. The zero-order valence-electron chi connectivity index (χ0n) is 10.4. The van der Waals surface area contributed by atoms with E-state index in [0.717, 1.165) is 10.7 Å². The highest BCUT2D eigenvalue weighted by atomic mass is 32.1. The van der Waals surface area contributed by atoms with Gasteiger partial charge in [0.15, 0.2) is 4.96 Å². The van der Waals surface area contributed by atoms with E-state index in [1.165, 1.54) is 11.3 Å². The highest BCUT2D eigenvalue weighted by Gasteiger charge is 2.14. The minimum absolute atomic E-state index is 0.107. The zero-order chi connectivity index (χ0) is 13.4. The molecule has 0 aromatic carbocycles. The summed E-state index contributed by atoms with van der Waals surface area (Å²) in [5.41, 5.74) is 1.52. The smallest absolute Gasteiger partial charge is 0.350 e. The highest BCUT2D eigenvalue weighted by molar-refractivity contribution is 7.18. The molecule has 0 saturated heterocycles. The maximum absolute atomic E-state index is 11.9. The van der Waals surface area contributed by atoms with Crippen molar-refractivity contribution >= 4 is 22.3 Å². The van der Waals surface area contributed by atoms with Crippen molar-refractivity contribution in [3.63, 3.8) is 0 Å². The summed E-state index contributed by atoms with van der Waals surface area (Å²) in [4.78, 5) is 17.4. The number of rotatable bonds is 3. The summed E-state index contributed by atoms with van der Waals surface area (Å²) in [6.07, 6.45) is 3.58. The van der Waals surface area contributed by atoms with Crippen LogP contribution < -0.4 is 0 Å². The molecule has 0 aliphatic carbocycles. The molecule has 98 valence electrons. The van der Waals surface area contributed by atoms with Crippen molar-refractivity contribution in [2.75, 3.05) is 0 Å². The Morgan fingerprint density at radius 2 is 2.32 bits per heavy atom. The molecule has 0 bridgehead atoms. The Hall–Kier alpha value is -2.15. The lowest BCUT2D eigenvalue weighted by atomic mass is 10.4. The van der Waals surface area contributed by atoms with Crippen LogP contribution >= 0.6 is 11.3 Å². The van der Waals surface area contributed by atoms with Gasteiger partial charge < -0.3 is 9.26 Å². The lowest BCUT2D eigenvalue weighted by Crippen LogP contribution is -2.03. The van der Waals surface area contributed by atoms with Crippen molar-refractivity contribution in [3.05, 3.63) is 40.5 Å². The van der Waals surface area contributed by atoms with Gasteiger partial charge in [0, 0.05) is 18.5 Å². The Balaban J connectivity index is 1.71. The molecule has 3 aromatic rings. The standard InChI is InChI=1S/C12H11N3O3S/c1-7-4-15-5-10(19-12(15)13-7)11(16)17-6-9-3-8(2)18-14-9/h3-5H,6H2,1-2H3. The van der Waals surface area contributed by atoms with Gasteiger partial charge in [-0.25, -0.2) is 9.78 Å². The van der Waals surface area contributed by atoms with Crippen LogP contribution in [0.4, 0.5) is 0 Å². The summed E-state index contributed by atoms with van der Waals surface area (Å²) >= 11 is 1.30. The number of esters is 1. The van der Waals surface area contributed by atoms with E-state index < -0.39 is 0 Å². The third kappa shape index (κ3) is 2.37. The highest BCUT2D eigenvalue weighted by Crippen LogP contribution is 2.19. The number of carbonyl (C=O) groups excluding carboxylic acids is 1. The lowest BCUT2D eigenvalue weighted by molar-refractivity contribution is 0.0469. The van der Waals surface area contributed by atoms with E-state index in [1.807, 2.05) is 17.5 Å². The molecular formula is C12H11N3O3S. The Kier molecular flexibility index (Phi) is 2.83. The Bertz CT molecular complexity index is 709.